The Morgan fingerprint density at radius 3 is 2.06 bits per heavy atom. The summed E-state index contributed by atoms with van der Waals surface area (Å²) in [7, 11) is 2.59. The van der Waals surface area contributed by atoms with Crippen molar-refractivity contribution in [2.24, 2.45) is 23.2 Å². The molecule has 4 amide bonds. The minimum Gasteiger partial charge on any atom is -0.456 e. The Morgan fingerprint density at radius 1 is 0.794 bits per heavy atom. The number of furan rings is 1. The highest BCUT2D eigenvalue weighted by Crippen LogP contribution is 2.58. The molecule has 15 nitrogen and oxygen atoms in total. The normalized spacial score (nSPS) is 18.7. The smallest absolute Gasteiger partial charge is 0.407 e. The topological polar surface area (TPSA) is 197 Å². The van der Waals surface area contributed by atoms with Gasteiger partial charge in [0.15, 0.2) is 0 Å². The third-order valence-corrected chi connectivity index (χ3v) is 13.5. The molecule has 9 rings (SSSR count). The maximum Gasteiger partial charge on any atom is 0.407 e. The molecule has 0 unspecified atom stereocenters. The predicted octanol–water partition coefficient (Wildman–Crippen LogP) is 8.68. The van der Waals surface area contributed by atoms with Crippen molar-refractivity contribution in [3.05, 3.63) is 72.4 Å². The Bertz CT molecular complexity index is 2700. The molecule has 330 valence electrons. The van der Waals surface area contributed by atoms with E-state index >= 15 is 0 Å². The van der Waals surface area contributed by atoms with Crippen LogP contribution in [0.1, 0.15) is 96.4 Å². The Balaban J connectivity index is 0.954. The number of methoxy groups -OCH3 is 2. The minimum atomic E-state index is -0.750. The first-order chi connectivity index (χ1) is 30.3. The largest absolute Gasteiger partial charge is 0.456 e. The van der Waals surface area contributed by atoms with E-state index in [1.165, 1.54) is 14.2 Å². The number of nitrogens with one attached hydrogen (secondary N) is 5. The highest BCUT2D eigenvalue weighted by molar-refractivity contribution is 6.07. The number of aromatic nitrogens is 4. The quantitative estimate of drug-likeness (QED) is 0.0800. The zero-order valence-electron chi connectivity index (χ0n) is 36.7. The Hall–Kier alpha value is -6.38. The SMILES string of the molecule is COC(=O)N[C@H](C(=O)N[C@H](c1nc2ccc(-c3ccc4c(c3)oc3cc(-c5cnc([C@@H]6CC7(CC7)CN6C(=O)[C@@H](NC(=O)OC)C(C)C)[nH]5)ccc34)cc2[nH]1)C1CCCC1)C(C)C. The van der Waals surface area contributed by atoms with Gasteiger partial charge < -0.3 is 44.7 Å². The number of H-pyrrole nitrogens is 2. The van der Waals surface area contributed by atoms with E-state index in [1.807, 2.05) is 57.0 Å². The number of hydrogen-bond donors (Lipinski definition) is 5. The standard InChI is InChI=1S/C48H56N8O7/c1-25(2)39(54-46(59)61-5)44(57)53-41(27-9-7-8-10-27)43-50-33-16-13-28(19-34(33)51-43)29-11-14-31-32-15-12-30(21-38(32)63-37(31)20-29)35-23-49-42(52-35)36-22-48(17-18-48)24-56(36)45(58)40(26(3)4)55-47(60)62-6/h11-16,19-21,23,25-27,36,39-41H,7-10,17-18,22,24H2,1-6H3,(H,49,52)(H,50,51)(H,53,57)(H,54,59)(H,55,60)/t36-,39-,40-,41-/m0/s1. The monoisotopic (exact) mass is 856 g/mol. The van der Waals surface area contributed by atoms with Crippen LogP contribution in [0.3, 0.4) is 0 Å². The molecule has 1 spiro atoms. The molecule has 63 heavy (non-hydrogen) atoms. The number of nitrogens with zero attached hydrogens (tertiary/aromatic N) is 3. The van der Waals surface area contributed by atoms with E-state index in [0.717, 1.165) is 106 Å². The molecule has 0 bridgehead atoms. The Morgan fingerprint density at radius 2 is 1.41 bits per heavy atom. The lowest BCUT2D eigenvalue weighted by atomic mass is 9.96. The number of imidazole rings is 2. The van der Waals surface area contributed by atoms with Gasteiger partial charge in [-0.15, -0.1) is 0 Å². The van der Waals surface area contributed by atoms with E-state index in [4.69, 9.17) is 23.9 Å². The fourth-order valence-corrected chi connectivity index (χ4v) is 9.75. The van der Waals surface area contributed by atoms with Gasteiger partial charge in [0.25, 0.3) is 0 Å². The first-order valence-corrected chi connectivity index (χ1v) is 22.1. The summed E-state index contributed by atoms with van der Waals surface area (Å²) in [6, 6.07) is 16.5. The van der Waals surface area contributed by atoms with Gasteiger partial charge in [0, 0.05) is 22.9 Å². The third kappa shape index (κ3) is 8.20. The van der Waals surface area contributed by atoms with Gasteiger partial charge in [-0.2, -0.15) is 0 Å². The van der Waals surface area contributed by atoms with E-state index in [2.05, 4.69) is 62.3 Å². The number of likely N-dealkylation sites (tertiary alicyclic amines) is 1. The molecule has 3 fully saturated rings. The lowest BCUT2D eigenvalue weighted by molar-refractivity contribution is -0.135. The number of carbonyl (C=O) groups excluding carboxylic acids is 4. The molecule has 15 heteroatoms. The van der Waals surface area contributed by atoms with Crippen LogP contribution in [-0.2, 0) is 19.1 Å². The van der Waals surface area contributed by atoms with Gasteiger partial charge in [-0.1, -0.05) is 58.7 Å². The van der Waals surface area contributed by atoms with Crippen LogP contribution in [0.4, 0.5) is 9.59 Å². The number of ether oxygens (including phenoxy) is 2. The maximum atomic E-state index is 14.0. The molecule has 2 aliphatic carbocycles. The third-order valence-electron chi connectivity index (χ3n) is 13.5. The van der Waals surface area contributed by atoms with Gasteiger partial charge in [-0.3, -0.25) is 9.59 Å². The van der Waals surface area contributed by atoms with Crippen LogP contribution in [0.2, 0.25) is 0 Å². The van der Waals surface area contributed by atoms with Crippen LogP contribution >= 0.6 is 0 Å². The van der Waals surface area contributed by atoms with Crippen molar-refractivity contribution in [3.8, 4) is 22.4 Å². The van der Waals surface area contributed by atoms with Gasteiger partial charge in [0.1, 0.15) is 34.9 Å². The lowest BCUT2D eigenvalue weighted by Crippen LogP contribution is -2.51. The lowest BCUT2D eigenvalue weighted by Gasteiger charge is -2.30. The summed E-state index contributed by atoms with van der Waals surface area (Å²) in [5.74, 6) is 0.987. The van der Waals surface area contributed by atoms with Crippen LogP contribution in [-0.4, -0.2) is 81.7 Å². The molecule has 1 aliphatic heterocycles. The van der Waals surface area contributed by atoms with Gasteiger partial charge in [-0.05, 0) is 103 Å². The van der Waals surface area contributed by atoms with E-state index in [1.54, 1.807) is 0 Å². The van der Waals surface area contributed by atoms with Crippen molar-refractivity contribution in [2.75, 3.05) is 20.8 Å². The number of carbonyl (C=O) groups is 4. The van der Waals surface area contributed by atoms with E-state index in [9.17, 15) is 19.2 Å². The average molecular weight is 857 g/mol. The summed E-state index contributed by atoms with van der Waals surface area (Å²) >= 11 is 0. The van der Waals surface area contributed by atoms with E-state index in [-0.39, 0.29) is 47.1 Å². The van der Waals surface area contributed by atoms with Gasteiger partial charge >= 0.3 is 12.2 Å². The summed E-state index contributed by atoms with van der Waals surface area (Å²) in [5, 5.41) is 10.7. The average Bonchev–Trinajstić information content (AvgIpc) is 3.92. The fourth-order valence-electron chi connectivity index (χ4n) is 9.75. The highest BCUT2D eigenvalue weighted by atomic mass is 16.5. The van der Waals surface area contributed by atoms with Crippen molar-refractivity contribution in [1.29, 1.82) is 0 Å². The van der Waals surface area contributed by atoms with Crippen LogP contribution in [0.5, 0.6) is 0 Å². The Kier molecular flexibility index (Phi) is 11.1. The minimum absolute atomic E-state index is 0.0977. The molecule has 1 saturated heterocycles. The molecule has 0 radical (unpaired) electrons. The molecule has 2 saturated carbocycles. The van der Waals surface area contributed by atoms with Crippen molar-refractivity contribution in [2.45, 2.75) is 96.8 Å². The summed E-state index contributed by atoms with van der Waals surface area (Å²) < 4.78 is 16.1. The summed E-state index contributed by atoms with van der Waals surface area (Å²) in [6.45, 7) is 8.26. The molecule has 5 N–H and O–H groups in total. The molecular weight excluding hydrogens is 801 g/mol. The molecule has 3 aliphatic rings. The summed E-state index contributed by atoms with van der Waals surface area (Å²) in [6.07, 6.45) is 7.65. The Labute approximate surface area is 365 Å². The number of fused-ring (bicyclic) bond motifs is 4. The highest BCUT2D eigenvalue weighted by Gasteiger charge is 2.55. The fraction of sp³-hybridized carbons (Fsp3) is 0.458. The van der Waals surface area contributed by atoms with Crippen LogP contribution in [0, 0.1) is 23.2 Å². The van der Waals surface area contributed by atoms with Gasteiger partial charge in [0.2, 0.25) is 11.8 Å². The molecule has 3 aromatic carbocycles. The van der Waals surface area contributed by atoms with Gasteiger partial charge in [0.05, 0.1) is 49.2 Å². The molecule has 4 atom stereocenters. The zero-order chi connectivity index (χ0) is 44.2. The van der Waals surface area contributed by atoms with Crippen LogP contribution < -0.4 is 16.0 Å². The predicted molar refractivity (Wildman–Crippen MR) is 238 cm³/mol. The van der Waals surface area contributed by atoms with Crippen LogP contribution in [0.15, 0.2) is 65.2 Å². The zero-order valence-corrected chi connectivity index (χ0v) is 36.7. The number of benzene rings is 3. The van der Waals surface area contributed by atoms with Gasteiger partial charge in [-0.25, -0.2) is 19.6 Å². The van der Waals surface area contributed by atoms with E-state index in [0.29, 0.717) is 12.4 Å². The van der Waals surface area contributed by atoms with Crippen molar-refractivity contribution in [1.82, 2.24) is 40.8 Å². The summed E-state index contributed by atoms with van der Waals surface area (Å²) in [4.78, 5) is 70.5. The van der Waals surface area contributed by atoms with Crippen molar-refractivity contribution < 1.29 is 33.1 Å². The van der Waals surface area contributed by atoms with Crippen LogP contribution in [0.25, 0.3) is 55.4 Å². The van der Waals surface area contributed by atoms with E-state index < -0.39 is 24.3 Å². The number of alkyl carbamates (subject to hydrolysis) is 2. The number of amides is 4. The van der Waals surface area contributed by atoms with Crippen molar-refractivity contribution in [3.63, 3.8) is 0 Å². The molecule has 4 heterocycles. The molecular formula is C48H56N8O7. The molecule has 3 aromatic heterocycles. The number of rotatable bonds is 12. The first-order valence-electron chi connectivity index (χ1n) is 22.1. The second kappa shape index (κ2) is 16.7. The second-order valence-corrected chi connectivity index (χ2v) is 18.5. The summed E-state index contributed by atoms with van der Waals surface area (Å²) in [5.41, 5.74) is 6.97. The number of hydrogen-bond acceptors (Lipinski definition) is 9. The number of aromatic amines is 2. The molecule has 6 aromatic rings. The van der Waals surface area contributed by atoms with Crippen molar-refractivity contribution >= 4 is 57.0 Å². The first kappa shape index (κ1) is 41.9. The second-order valence-electron chi connectivity index (χ2n) is 18.5. The maximum absolute atomic E-state index is 14.0.